The molecule has 31 heavy (non-hydrogen) atoms. The highest BCUT2D eigenvalue weighted by Crippen LogP contribution is 2.18. The van der Waals surface area contributed by atoms with Crippen LogP contribution >= 0.6 is 0 Å². The van der Waals surface area contributed by atoms with Gasteiger partial charge in [0, 0.05) is 11.3 Å². The number of anilines is 1. The van der Waals surface area contributed by atoms with Gasteiger partial charge in [0.1, 0.15) is 5.75 Å². The van der Waals surface area contributed by atoms with Crippen molar-refractivity contribution in [3.63, 3.8) is 0 Å². The zero-order valence-electron chi connectivity index (χ0n) is 18.1. The van der Waals surface area contributed by atoms with Crippen molar-refractivity contribution in [1.82, 2.24) is 5.32 Å². The van der Waals surface area contributed by atoms with Crippen LogP contribution in [0, 0.1) is 6.92 Å². The average Bonchev–Trinajstić information content (AvgIpc) is 2.78. The van der Waals surface area contributed by atoms with E-state index in [9.17, 15) is 9.59 Å². The van der Waals surface area contributed by atoms with Crippen LogP contribution in [0.3, 0.4) is 0 Å². The summed E-state index contributed by atoms with van der Waals surface area (Å²) in [5, 5.41) is 5.85. The summed E-state index contributed by atoms with van der Waals surface area (Å²) in [7, 11) is 0. The lowest BCUT2D eigenvalue weighted by Crippen LogP contribution is -2.32. The number of amides is 2. The molecule has 0 aliphatic heterocycles. The first-order chi connectivity index (χ1) is 15.0. The highest BCUT2D eigenvalue weighted by atomic mass is 16.5. The fraction of sp³-hybridized carbons (Fsp3) is 0.231. The van der Waals surface area contributed by atoms with E-state index in [-0.39, 0.29) is 17.9 Å². The molecular formula is C26H28N2O3. The molecule has 160 valence electrons. The summed E-state index contributed by atoms with van der Waals surface area (Å²) in [6.07, 6.45) is -0.105. The Bertz CT molecular complexity index is 1030. The molecule has 5 nitrogen and oxygen atoms in total. The van der Waals surface area contributed by atoms with Crippen LogP contribution in [0.25, 0.3) is 0 Å². The molecule has 0 bridgehead atoms. The number of ether oxygens (including phenoxy) is 1. The van der Waals surface area contributed by atoms with Crippen LogP contribution in [0.1, 0.15) is 47.8 Å². The van der Waals surface area contributed by atoms with Gasteiger partial charge in [0.05, 0.1) is 6.04 Å². The quantitative estimate of drug-likeness (QED) is 0.525. The molecule has 0 heterocycles. The smallest absolute Gasteiger partial charge is 0.265 e. The minimum Gasteiger partial charge on any atom is -0.481 e. The average molecular weight is 417 g/mol. The highest BCUT2D eigenvalue weighted by molar-refractivity contribution is 5.98. The molecule has 3 aromatic rings. The van der Waals surface area contributed by atoms with Crippen LogP contribution in [-0.2, 0) is 4.79 Å². The number of carbonyl (C=O) groups excluding carboxylic acids is 2. The van der Waals surface area contributed by atoms with Crippen molar-refractivity contribution >= 4 is 17.5 Å². The van der Waals surface area contributed by atoms with Gasteiger partial charge in [-0.05, 0) is 61.7 Å². The zero-order chi connectivity index (χ0) is 22.2. The predicted molar refractivity (Wildman–Crippen MR) is 123 cm³/mol. The van der Waals surface area contributed by atoms with E-state index < -0.39 is 6.10 Å². The summed E-state index contributed by atoms with van der Waals surface area (Å²) in [6, 6.07) is 24.2. The minimum atomic E-state index is -0.627. The van der Waals surface area contributed by atoms with Crippen LogP contribution in [-0.4, -0.2) is 17.9 Å². The maximum Gasteiger partial charge on any atom is 0.265 e. The summed E-state index contributed by atoms with van der Waals surface area (Å²) in [5.74, 6) is 0.208. The van der Waals surface area contributed by atoms with Gasteiger partial charge in [0.2, 0.25) is 0 Å². The summed E-state index contributed by atoms with van der Waals surface area (Å²) in [4.78, 5) is 25.4. The van der Waals surface area contributed by atoms with Crippen molar-refractivity contribution in [3.8, 4) is 5.75 Å². The van der Waals surface area contributed by atoms with Crippen molar-refractivity contribution in [3.05, 3.63) is 95.6 Å². The van der Waals surface area contributed by atoms with Crippen LogP contribution in [0.15, 0.2) is 78.9 Å². The summed E-state index contributed by atoms with van der Waals surface area (Å²) in [5.41, 5.74) is 3.13. The van der Waals surface area contributed by atoms with E-state index in [1.54, 1.807) is 24.3 Å². The van der Waals surface area contributed by atoms with Crippen molar-refractivity contribution in [1.29, 1.82) is 0 Å². The molecule has 0 fully saturated rings. The lowest BCUT2D eigenvalue weighted by atomic mass is 10.1. The number of hydrogen-bond acceptors (Lipinski definition) is 3. The summed E-state index contributed by atoms with van der Waals surface area (Å²) < 4.78 is 5.87. The molecule has 3 rings (SSSR count). The molecule has 0 spiro atoms. The zero-order valence-corrected chi connectivity index (χ0v) is 18.1. The fourth-order valence-corrected chi connectivity index (χ4v) is 3.24. The Balaban J connectivity index is 1.64. The Labute approximate surface area is 183 Å². The lowest BCUT2D eigenvalue weighted by molar-refractivity contribution is -0.122. The van der Waals surface area contributed by atoms with Crippen molar-refractivity contribution < 1.29 is 14.3 Å². The number of hydrogen-bond donors (Lipinski definition) is 2. The second kappa shape index (κ2) is 10.4. The Kier molecular flexibility index (Phi) is 7.44. The van der Waals surface area contributed by atoms with Gasteiger partial charge in [-0.25, -0.2) is 0 Å². The van der Waals surface area contributed by atoms with E-state index in [1.165, 1.54) is 0 Å². The molecule has 3 aromatic carbocycles. The van der Waals surface area contributed by atoms with E-state index in [0.717, 1.165) is 11.1 Å². The number of benzene rings is 3. The van der Waals surface area contributed by atoms with E-state index in [4.69, 9.17) is 4.74 Å². The molecule has 0 saturated heterocycles. The topological polar surface area (TPSA) is 67.4 Å². The molecule has 0 aliphatic rings. The first-order valence-corrected chi connectivity index (χ1v) is 10.5. The molecule has 2 N–H and O–H groups in total. The number of aryl methyl sites for hydroxylation is 1. The van der Waals surface area contributed by atoms with Crippen LogP contribution in [0.2, 0.25) is 0 Å². The number of nitrogens with one attached hydrogen (secondary N) is 2. The van der Waals surface area contributed by atoms with Crippen LogP contribution < -0.4 is 15.4 Å². The lowest BCUT2D eigenvalue weighted by Gasteiger charge is -2.18. The van der Waals surface area contributed by atoms with E-state index in [1.807, 2.05) is 75.4 Å². The molecule has 0 saturated carbocycles. The third kappa shape index (κ3) is 6.19. The normalized spacial score (nSPS) is 12.5. The summed E-state index contributed by atoms with van der Waals surface area (Å²) in [6.45, 7) is 5.81. The highest BCUT2D eigenvalue weighted by Gasteiger charge is 2.19. The maximum atomic E-state index is 12.7. The van der Waals surface area contributed by atoms with Crippen molar-refractivity contribution in [2.45, 2.75) is 39.3 Å². The van der Waals surface area contributed by atoms with E-state index >= 15 is 0 Å². The largest absolute Gasteiger partial charge is 0.481 e. The Morgan fingerprint density at radius 1 is 0.935 bits per heavy atom. The van der Waals surface area contributed by atoms with E-state index in [0.29, 0.717) is 23.4 Å². The Hall–Kier alpha value is -3.60. The third-order valence-corrected chi connectivity index (χ3v) is 4.97. The monoisotopic (exact) mass is 416 g/mol. The standard InChI is InChI=1S/C26H28N2O3/c1-4-24(31-23-15-8-10-18(2)16-23)26(30)28-22-14-9-13-21(17-22)25(29)27-19(3)20-11-6-5-7-12-20/h5-17,19,24H,4H2,1-3H3,(H,27,29)(H,28,30). The Morgan fingerprint density at radius 2 is 1.68 bits per heavy atom. The van der Waals surface area contributed by atoms with Gasteiger partial charge in [-0.2, -0.15) is 0 Å². The molecule has 0 radical (unpaired) electrons. The second-order valence-electron chi connectivity index (χ2n) is 7.51. The molecule has 0 aliphatic carbocycles. The third-order valence-electron chi connectivity index (χ3n) is 4.97. The molecule has 5 heteroatoms. The van der Waals surface area contributed by atoms with E-state index in [2.05, 4.69) is 10.6 Å². The van der Waals surface area contributed by atoms with Crippen molar-refractivity contribution in [2.24, 2.45) is 0 Å². The molecule has 2 unspecified atom stereocenters. The van der Waals surface area contributed by atoms with Crippen molar-refractivity contribution in [2.75, 3.05) is 5.32 Å². The van der Waals surface area contributed by atoms with Gasteiger partial charge in [-0.3, -0.25) is 9.59 Å². The van der Waals surface area contributed by atoms with Gasteiger partial charge >= 0.3 is 0 Å². The molecular weight excluding hydrogens is 388 g/mol. The molecule has 2 amide bonds. The van der Waals surface area contributed by atoms with Gasteiger partial charge in [0.15, 0.2) is 6.10 Å². The minimum absolute atomic E-state index is 0.126. The maximum absolute atomic E-state index is 12.7. The summed E-state index contributed by atoms with van der Waals surface area (Å²) >= 11 is 0. The Morgan fingerprint density at radius 3 is 2.39 bits per heavy atom. The first-order valence-electron chi connectivity index (χ1n) is 10.5. The second-order valence-corrected chi connectivity index (χ2v) is 7.51. The SMILES string of the molecule is CCC(Oc1cccc(C)c1)C(=O)Nc1cccc(C(=O)NC(C)c2ccccc2)c1. The van der Waals surface area contributed by atoms with Gasteiger partial charge in [0.25, 0.3) is 11.8 Å². The van der Waals surface area contributed by atoms with Crippen LogP contribution in [0.4, 0.5) is 5.69 Å². The first kappa shape index (κ1) is 22.1. The number of rotatable bonds is 8. The fourth-order valence-electron chi connectivity index (χ4n) is 3.24. The van der Waals surface area contributed by atoms with Gasteiger partial charge < -0.3 is 15.4 Å². The van der Waals surface area contributed by atoms with Crippen LogP contribution in [0.5, 0.6) is 5.75 Å². The molecule has 2 atom stereocenters. The molecule has 0 aromatic heterocycles. The van der Waals surface area contributed by atoms with Gasteiger partial charge in [-0.1, -0.05) is 55.5 Å². The number of carbonyl (C=O) groups is 2. The predicted octanol–water partition coefficient (Wildman–Crippen LogP) is 5.28. The van der Waals surface area contributed by atoms with Gasteiger partial charge in [-0.15, -0.1) is 0 Å².